The van der Waals surface area contributed by atoms with Crippen LogP contribution in [0.4, 0.5) is 10.1 Å². The minimum absolute atomic E-state index is 0.109. The van der Waals surface area contributed by atoms with Gasteiger partial charge >= 0.3 is 0 Å². The van der Waals surface area contributed by atoms with Crippen molar-refractivity contribution in [2.75, 3.05) is 12.0 Å². The number of amides is 4. The van der Waals surface area contributed by atoms with Crippen molar-refractivity contribution in [1.29, 1.82) is 0 Å². The summed E-state index contributed by atoms with van der Waals surface area (Å²) in [6, 6.07) is 9.33. The van der Waals surface area contributed by atoms with Gasteiger partial charge in [-0.1, -0.05) is 37.0 Å². The van der Waals surface area contributed by atoms with Crippen molar-refractivity contribution in [3.8, 4) is 11.5 Å². The maximum absolute atomic E-state index is 14.4. The van der Waals surface area contributed by atoms with E-state index in [-0.39, 0.29) is 47.9 Å². The van der Waals surface area contributed by atoms with Crippen LogP contribution >= 0.6 is 23.2 Å². The number of carbonyl (C=O) groups excluding carboxylic acids is 4. The second kappa shape index (κ2) is 10.3. The fourth-order valence-corrected chi connectivity index (χ4v) is 9.32. The Morgan fingerprint density at radius 3 is 2.30 bits per heavy atom. The van der Waals surface area contributed by atoms with Gasteiger partial charge in [0.15, 0.2) is 21.2 Å². The number of phenolic OH excluding ortho intramolecular Hbond substituents is 1. The molecular weight excluding hydrogens is 610 g/mol. The molecule has 0 radical (unpaired) electrons. The van der Waals surface area contributed by atoms with Gasteiger partial charge in [0, 0.05) is 12.0 Å². The normalized spacial score (nSPS) is 33.7. The van der Waals surface area contributed by atoms with Crippen LogP contribution in [0.1, 0.15) is 56.4 Å². The molecule has 8 nitrogen and oxygen atoms in total. The van der Waals surface area contributed by atoms with Gasteiger partial charge in [0.05, 0.1) is 24.6 Å². The standard InChI is InChI=1S/C33H31Cl2FN2O6/c1-44-25-14-7-17(15-24(25)39)27-21-12-13-22-26(29(41)37(28(22)40)19-5-3-2-4-6-19)23(21)16-32(34)30(42)38(31(43)33(27,32)35)20-10-8-18(36)9-11-20/h7-12,14-15,19,22-23,26-27,39H,2-6,13,16H2,1H3/t22-,23+,26-,27-,32+,33-/m0/s1. The van der Waals surface area contributed by atoms with Crippen molar-refractivity contribution in [3.05, 3.63) is 65.5 Å². The first-order valence-electron chi connectivity index (χ1n) is 15.0. The summed E-state index contributed by atoms with van der Waals surface area (Å²) in [4.78, 5) is 54.8. The van der Waals surface area contributed by atoms with Gasteiger partial charge in [-0.05, 0) is 73.6 Å². The Morgan fingerprint density at radius 1 is 0.932 bits per heavy atom. The Labute approximate surface area is 263 Å². The number of halogens is 3. The summed E-state index contributed by atoms with van der Waals surface area (Å²) >= 11 is 14.7. The van der Waals surface area contributed by atoms with E-state index in [1.54, 1.807) is 6.07 Å². The summed E-state index contributed by atoms with van der Waals surface area (Å²) < 4.78 is 19.0. The Bertz CT molecular complexity index is 1620. The summed E-state index contributed by atoms with van der Waals surface area (Å²) in [5.41, 5.74) is 1.15. The molecule has 3 aliphatic carbocycles. The van der Waals surface area contributed by atoms with E-state index in [0.717, 1.165) is 49.1 Å². The lowest BCUT2D eigenvalue weighted by Gasteiger charge is -2.50. The number of rotatable bonds is 4. The van der Waals surface area contributed by atoms with E-state index in [1.165, 1.54) is 36.3 Å². The van der Waals surface area contributed by atoms with Crippen LogP contribution in [-0.4, -0.2) is 56.5 Å². The monoisotopic (exact) mass is 640 g/mol. The lowest BCUT2D eigenvalue weighted by atomic mass is 9.56. The number of anilines is 1. The Kier molecular flexibility index (Phi) is 6.86. The van der Waals surface area contributed by atoms with Crippen molar-refractivity contribution in [1.82, 2.24) is 4.90 Å². The highest BCUT2D eigenvalue weighted by Crippen LogP contribution is 2.66. The number of allylic oxidation sites excluding steroid dienone is 2. The first-order chi connectivity index (χ1) is 21.0. The maximum Gasteiger partial charge on any atom is 0.258 e. The number of phenols is 1. The third-order valence-corrected chi connectivity index (χ3v) is 11.8. The summed E-state index contributed by atoms with van der Waals surface area (Å²) in [6.07, 6.45) is 6.48. The predicted molar refractivity (Wildman–Crippen MR) is 160 cm³/mol. The fraction of sp³-hybridized carbons (Fsp3) is 0.455. The number of nitrogens with zero attached hydrogens (tertiary/aromatic N) is 2. The molecule has 0 aromatic heterocycles. The summed E-state index contributed by atoms with van der Waals surface area (Å²) in [7, 11) is 1.41. The lowest BCUT2D eigenvalue weighted by molar-refractivity contribution is -0.143. The van der Waals surface area contributed by atoms with E-state index in [1.807, 2.05) is 6.08 Å². The number of carbonyl (C=O) groups is 4. The minimum Gasteiger partial charge on any atom is -0.504 e. The number of aromatic hydroxyl groups is 1. The molecule has 1 N–H and O–H groups in total. The summed E-state index contributed by atoms with van der Waals surface area (Å²) in [5.74, 6) is -5.67. The van der Waals surface area contributed by atoms with Crippen LogP contribution in [0.15, 0.2) is 54.1 Å². The Hall–Kier alpha value is -3.43. The van der Waals surface area contributed by atoms with E-state index >= 15 is 0 Å². The molecule has 5 aliphatic rings. The number of hydrogen-bond acceptors (Lipinski definition) is 6. The number of methoxy groups -OCH3 is 1. The number of benzene rings is 2. The molecule has 230 valence electrons. The third kappa shape index (κ3) is 3.87. The molecular formula is C33H31Cl2FN2O6. The SMILES string of the molecule is COc1ccc([C@H]2C3=CC[C@@H]4C(=O)N(C5CCCCC5)C(=O)[C@@H]4[C@@H]3C[C@@]3(Cl)C(=O)N(c4ccc(F)cc4)C(=O)[C@@]23Cl)cc1O. The molecule has 6 atom stereocenters. The van der Waals surface area contributed by atoms with Gasteiger partial charge in [0.1, 0.15) is 5.82 Å². The van der Waals surface area contributed by atoms with Crippen LogP contribution < -0.4 is 9.64 Å². The number of imide groups is 2. The number of fused-ring (bicyclic) bond motifs is 4. The molecule has 2 aromatic rings. The average Bonchev–Trinajstić information content (AvgIpc) is 3.36. The van der Waals surface area contributed by atoms with Gasteiger partial charge < -0.3 is 9.84 Å². The topological polar surface area (TPSA) is 104 Å². The van der Waals surface area contributed by atoms with E-state index in [9.17, 15) is 28.7 Å². The average molecular weight is 642 g/mol. The largest absolute Gasteiger partial charge is 0.504 e. The number of alkyl halides is 2. The van der Waals surface area contributed by atoms with Gasteiger partial charge in [-0.3, -0.25) is 24.1 Å². The Balaban J connectivity index is 1.38. The van der Waals surface area contributed by atoms with Crippen molar-refractivity contribution in [2.24, 2.45) is 17.8 Å². The first kappa shape index (κ1) is 29.3. The molecule has 0 spiro atoms. The van der Waals surface area contributed by atoms with Gasteiger partial charge in [-0.2, -0.15) is 0 Å². The predicted octanol–water partition coefficient (Wildman–Crippen LogP) is 5.44. The van der Waals surface area contributed by atoms with Crippen LogP contribution in [0.5, 0.6) is 11.5 Å². The highest BCUT2D eigenvalue weighted by molar-refractivity contribution is 6.58. The van der Waals surface area contributed by atoms with Crippen LogP contribution in [-0.2, 0) is 19.2 Å². The molecule has 7 rings (SSSR count). The molecule has 2 saturated heterocycles. The molecule has 44 heavy (non-hydrogen) atoms. The zero-order valence-electron chi connectivity index (χ0n) is 24.0. The summed E-state index contributed by atoms with van der Waals surface area (Å²) in [5, 5.41) is 10.8. The zero-order valence-corrected chi connectivity index (χ0v) is 25.5. The quantitative estimate of drug-likeness (QED) is 0.271. The molecule has 2 heterocycles. The smallest absolute Gasteiger partial charge is 0.258 e. The molecule has 11 heteroatoms. The molecule has 4 amide bonds. The molecule has 2 saturated carbocycles. The van der Waals surface area contributed by atoms with Gasteiger partial charge in [0.2, 0.25) is 11.8 Å². The number of ether oxygens (including phenoxy) is 1. The molecule has 4 fully saturated rings. The Morgan fingerprint density at radius 2 is 1.64 bits per heavy atom. The summed E-state index contributed by atoms with van der Waals surface area (Å²) in [6.45, 7) is 0. The number of likely N-dealkylation sites (tertiary alicyclic amines) is 1. The van der Waals surface area contributed by atoms with Gasteiger partial charge in [0.25, 0.3) is 11.8 Å². The highest BCUT2D eigenvalue weighted by Gasteiger charge is 2.76. The van der Waals surface area contributed by atoms with E-state index in [0.29, 0.717) is 11.1 Å². The van der Waals surface area contributed by atoms with Crippen LogP contribution in [0.25, 0.3) is 0 Å². The second-order valence-electron chi connectivity index (χ2n) is 12.5. The van der Waals surface area contributed by atoms with E-state index in [2.05, 4.69) is 0 Å². The van der Waals surface area contributed by atoms with Crippen LogP contribution in [0.2, 0.25) is 0 Å². The van der Waals surface area contributed by atoms with Crippen LogP contribution in [0, 0.1) is 23.6 Å². The molecule has 0 bridgehead atoms. The number of hydrogen-bond donors (Lipinski definition) is 1. The zero-order chi connectivity index (χ0) is 31.1. The van der Waals surface area contributed by atoms with Crippen molar-refractivity contribution in [2.45, 2.75) is 66.7 Å². The van der Waals surface area contributed by atoms with Crippen molar-refractivity contribution >= 4 is 52.5 Å². The minimum atomic E-state index is -2.06. The van der Waals surface area contributed by atoms with Crippen molar-refractivity contribution in [3.63, 3.8) is 0 Å². The maximum atomic E-state index is 14.4. The van der Waals surface area contributed by atoms with E-state index in [4.69, 9.17) is 27.9 Å². The third-order valence-electron chi connectivity index (χ3n) is 10.4. The van der Waals surface area contributed by atoms with Gasteiger partial charge in [-0.15, -0.1) is 23.2 Å². The first-order valence-corrected chi connectivity index (χ1v) is 15.7. The molecule has 2 aromatic carbocycles. The van der Waals surface area contributed by atoms with Crippen molar-refractivity contribution < 1.29 is 33.4 Å². The second-order valence-corrected chi connectivity index (χ2v) is 13.8. The fourth-order valence-electron chi connectivity index (χ4n) is 8.38. The van der Waals surface area contributed by atoms with E-state index < -0.39 is 51.1 Å². The highest BCUT2D eigenvalue weighted by atomic mass is 35.5. The molecule has 0 unspecified atom stereocenters. The lowest BCUT2D eigenvalue weighted by Crippen LogP contribution is -2.60. The van der Waals surface area contributed by atoms with Gasteiger partial charge in [-0.25, -0.2) is 9.29 Å². The molecule has 2 aliphatic heterocycles. The van der Waals surface area contributed by atoms with Crippen LogP contribution in [0.3, 0.4) is 0 Å².